The van der Waals surface area contributed by atoms with Crippen LogP contribution in [0.5, 0.6) is 0 Å². The van der Waals surface area contributed by atoms with E-state index in [2.05, 4.69) is 22.5 Å². The van der Waals surface area contributed by atoms with Crippen LogP contribution in [0.4, 0.5) is 5.69 Å². The fourth-order valence-corrected chi connectivity index (χ4v) is 2.07. The molecule has 1 aromatic carbocycles. The van der Waals surface area contributed by atoms with E-state index in [4.69, 9.17) is 0 Å². The SMILES string of the molecule is CC(CNC(=O)C1CNc2ccccc21)N(C)C. The van der Waals surface area contributed by atoms with E-state index in [0.29, 0.717) is 19.1 Å². The average Bonchev–Trinajstić information content (AvgIpc) is 2.79. The summed E-state index contributed by atoms with van der Waals surface area (Å²) in [5.74, 6) is 0.0525. The largest absolute Gasteiger partial charge is 0.384 e. The third-order valence-corrected chi connectivity index (χ3v) is 3.60. The summed E-state index contributed by atoms with van der Waals surface area (Å²) < 4.78 is 0. The summed E-state index contributed by atoms with van der Waals surface area (Å²) in [6, 6.07) is 8.35. The molecule has 2 unspecified atom stereocenters. The predicted molar refractivity (Wildman–Crippen MR) is 73.8 cm³/mol. The summed E-state index contributed by atoms with van der Waals surface area (Å²) in [5, 5.41) is 6.30. The van der Waals surface area contributed by atoms with Gasteiger partial charge in [-0.25, -0.2) is 0 Å². The summed E-state index contributed by atoms with van der Waals surface area (Å²) in [4.78, 5) is 14.3. The van der Waals surface area contributed by atoms with E-state index >= 15 is 0 Å². The van der Waals surface area contributed by atoms with Crippen LogP contribution in [0.3, 0.4) is 0 Å². The number of likely N-dealkylation sites (N-methyl/N-ethyl adjacent to an activating group) is 1. The Balaban J connectivity index is 1.95. The van der Waals surface area contributed by atoms with E-state index in [-0.39, 0.29) is 11.8 Å². The fraction of sp³-hybridized carbons (Fsp3) is 0.500. The zero-order valence-electron chi connectivity index (χ0n) is 11.2. The summed E-state index contributed by atoms with van der Waals surface area (Å²) in [5.41, 5.74) is 2.19. The van der Waals surface area contributed by atoms with E-state index in [1.807, 2.05) is 38.4 Å². The number of benzene rings is 1. The van der Waals surface area contributed by atoms with Gasteiger partial charge in [-0.05, 0) is 32.6 Å². The molecule has 0 aromatic heterocycles. The molecule has 0 saturated carbocycles. The molecule has 1 aliphatic heterocycles. The van der Waals surface area contributed by atoms with E-state index in [0.717, 1.165) is 11.3 Å². The van der Waals surface area contributed by atoms with Crippen molar-refractivity contribution in [1.29, 1.82) is 0 Å². The molecule has 98 valence electrons. The Morgan fingerprint density at radius 3 is 2.94 bits per heavy atom. The van der Waals surface area contributed by atoms with Crippen LogP contribution >= 0.6 is 0 Å². The molecule has 4 nitrogen and oxygen atoms in total. The smallest absolute Gasteiger partial charge is 0.229 e. The third-order valence-electron chi connectivity index (χ3n) is 3.60. The molecule has 1 aromatic rings. The molecule has 0 saturated heterocycles. The Morgan fingerprint density at radius 2 is 2.22 bits per heavy atom. The van der Waals surface area contributed by atoms with Crippen LogP contribution in [0.25, 0.3) is 0 Å². The van der Waals surface area contributed by atoms with Crippen molar-refractivity contribution in [1.82, 2.24) is 10.2 Å². The second kappa shape index (κ2) is 5.40. The third kappa shape index (κ3) is 2.64. The number of anilines is 1. The molecule has 0 fully saturated rings. The molecule has 1 aliphatic rings. The van der Waals surface area contributed by atoms with Crippen LogP contribution in [0.2, 0.25) is 0 Å². The van der Waals surface area contributed by atoms with Crippen LogP contribution in [-0.2, 0) is 4.79 Å². The lowest BCUT2D eigenvalue weighted by Crippen LogP contribution is -2.40. The first-order valence-corrected chi connectivity index (χ1v) is 6.36. The molecular formula is C14H21N3O. The van der Waals surface area contributed by atoms with Crippen LogP contribution in [-0.4, -0.2) is 44.0 Å². The molecule has 18 heavy (non-hydrogen) atoms. The summed E-state index contributed by atoms with van der Waals surface area (Å²) in [6.07, 6.45) is 0. The molecular weight excluding hydrogens is 226 g/mol. The fourth-order valence-electron chi connectivity index (χ4n) is 2.07. The zero-order chi connectivity index (χ0) is 13.1. The van der Waals surface area contributed by atoms with Gasteiger partial charge in [-0.2, -0.15) is 0 Å². The normalized spacial score (nSPS) is 19.2. The molecule has 0 aliphatic carbocycles. The predicted octanol–water partition coefficient (Wildman–Crippen LogP) is 1.26. The molecule has 0 bridgehead atoms. The second-order valence-electron chi connectivity index (χ2n) is 5.08. The number of para-hydroxylation sites is 1. The highest BCUT2D eigenvalue weighted by atomic mass is 16.1. The van der Waals surface area contributed by atoms with E-state index in [9.17, 15) is 4.79 Å². The van der Waals surface area contributed by atoms with Gasteiger partial charge in [-0.1, -0.05) is 18.2 Å². The number of nitrogens with zero attached hydrogens (tertiary/aromatic N) is 1. The van der Waals surface area contributed by atoms with Crippen molar-refractivity contribution in [2.75, 3.05) is 32.5 Å². The number of nitrogens with one attached hydrogen (secondary N) is 2. The Kier molecular flexibility index (Phi) is 3.87. The van der Waals surface area contributed by atoms with Gasteiger partial charge in [-0.3, -0.25) is 4.79 Å². The van der Waals surface area contributed by atoms with Crippen molar-refractivity contribution < 1.29 is 4.79 Å². The quantitative estimate of drug-likeness (QED) is 0.842. The average molecular weight is 247 g/mol. The maximum absolute atomic E-state index is 12.2. The van der Waals surface area contributed by atoms with Gasteiger partial charge in [-0.15, -0.1) is 0 Å². The molecule has 4 heteroatoms. The van der Waals surface area contributed by atoms with Crippen molar-refractivity contribution in [2.24, 2.45) is 0 Å². The van der Waals surface area contributed by atoms with Gasteiger partial charge in [0.05, 0.1) is 5.92 Å². The lowest BCUT2D eigenvalue weighted by molar-refractivity contribution is -0.122. The highest BCUT2D eigenvalue weighted by molar-refractivity contribution is 5.88. The van der Waals surface area contributed by atoms with Gasteiger partial charge in [0.15, 0.2) is 0 Å². The van der Waals surface area contributed by atoms with Gasteiger partial charge in [0.1, 0.15) is 0 Å². The molecule has 2 N–H and O–H groups in total. The van der Waals surface area contributed by atoms with E-state index < -0.39 is 0 Å². The number of fused-ring (bicyclic) bond motifs is 1. The number of carbonyl (C=O) groups is 1. The first-order valence-electron chi connectivity index (χ1n) is 6.36. The first kappa shape index (κ1) is 12.9. The Hall–Kier alpha value is -1.55. The van der Waals surface area contributed by atoms with Crippen LogP contribution in [0, 0.1) is 0 Å². The first-order chi connectivity index (χ1) is 8.59. The highest BCUT2D eigenvalue weighted by Crippen LogP contribution is 2.30. The lowest BCUT2D eigenvalue weighted by atomic mass is 10.0. The highest BCUT2D eigenvalue weighted by Gasteiger charge is 2.27. The molecule has 1 heterocycles. The van der Waals surface area contributed by atoms with Crippen molar-refractivity contribution in [3.05, 3.63) is 29.8 Å². The minimum absolute atomic E-state index is 0.0597. The van der Waals surface area contributed by atoms with Gasteiger partial charge in [0.25, 0.3) is 0 Å². The molecule has 0 radical (unpaired) electrons. The molecule has 2 atom stereocenters. The van der Waals surface area contributed by atoms with Crippen molar-refractivity contribution in [2.45, 2.75) is 18.9 Å². The summed E-state index contributed by atoms with van der Waals surface area (Å²) in [7, 11) is 4.03. The molecule has 1 amide bonds. The number of hydrogen-bond donors (Lipinski definition) is 2. The number of amides is 1. The number of carbonyl (C=O) groups excluding carboxylic acids is 1. The van der Waals surface area contributed by atoms with Crippen LogP contribution < -0.4 is 10.6 Å². The summed E-state index contributed by atoms with van der Waals surface area (Å²) in [6.45, 7) is 3.48. The Bertz CT molecular complexity index is 431. The maximum atomic E-state index is 12.2. The number of rotatable bonds is 4. The van der Waals surface area contributed by atoms with Gasteiger partial charge in [0, 0.05) is 24.8 Å². The van der Waals surface area contributed by atoms with Crippen LogP contribution in [0.15, 0.2) is 24.3 Å². The minimum atomic E-state index is -0.0597. The minimum Gasteiger partial charge on any atom is -0.384 e. The molecule has 0 spiro atoms. The van der Waals surface area contributed by atoms with Gasteiger partial charge in [0.2, 0.25) is 5.91 Å². The topological polar surface area (TPSA) is 44.4 Å². The zero-order valence-corrected chi connectivity index (χ0v) is 11.2. The Morgan fingerprint density at radius 1 is 1.50 bits per heavy atom. The summed E-state index contributed by atoms with van der Waals surface area (Å²) >= 11 is 0. The van der Waals surface area contributed by atoms with Crippen molar-refractivity contribution in [3.8, 4) is 0 Å². The van der Waals surface area contributed by atoms with Crippen molar-refractivity contribution in [3.63, 3.8) is 0 Å². The van der Waals surface area contributed by atoms with Gasteiger partial charge >= 0.3 is 0 Å². The monoisotopic (exact) mass is 247 g/mol. The lowest BCUT2D eigenvalue weighted by Gasteiger charge is -2.21. The molecule has 2 rings (SSSR count). The second-order valence-corrected chi connectivity index (χ2v) is 5.08. The van der Waals surface area contributed by atoms with Crippen LogP contribution in [0.1, 0.15) is 18.4 Å². The van der Waals surface area contributed by atoms with Gasteiger partial charge < -0.3 is 15.5 Å². The van der Waals surface area contributed by atoms with E-state index in [1.165, 1.54) is 0 Å². The Labute approximate surface area is 108 Å². The number of hydrogen-bond acceptors (Lipinski definition) is 3. The van der Waals surface area contributed by atoms with E-state index in [1.54, 1.807) is 0 Å². The maximum Gasteiger partial charge on any atom is 0.229 e. The van der Waals surface area contributed by atoms with Crippen molar-refractivity contribution >= 4 is 11.6 Å². The standard InChI is InChI=1S/C14H21N3O/c1-10(17(2)3)8-16-14(18)12-9-15-13-7-5-4-6-11(12)13/h4-7,10,12,15H,8-9H2,1-3H3,(H,16,18).